The van der Waals surface area contributed by atoms with Crippen LogP contribution in [0.1, 0.15) is 40.0 Å². The molecule has 1 aliphatic heterocycles. The fourth-order valence-electron chi connectivity index (χ4n) is 3.24. The predicted octanol–water partition coefficient (Wildman–Crippen LogP) is 2.18. The second-order valence-electron chi connectivity index (χ2n) is 5.78. The summed E-state index contributed by atoms with van der Waals surface area (Å²) in [4.78, 5) is 0. The normalized spacial score (nSPS) is 44.4. The number of hydrogen-bond acceptors (Lipinski definition) is 3. The molecule has 0 amide bonds. The first-order valence-corrected chi connectivity index (χ1v) is 6.50. The molecule has 1 aliphatic carbocycles. The molecule has 2 rings (SSSR count). The summed E-state index contributed by atoms with van der Waals surface area (Å²) in [5.74, 6) is 1.30. The van der Waals surface area contributed by atoms with E-state index in [-0.39, 0.29) is 12.7 Å². The number of rotatable bonds is 2. The van der Waals surface area contributed by atoms with Gasteiger partial charge in [0.05, 0.1) is 13.2 Å². The van der Waals surface area contributed by atoms with E-state index >= 15 is 0 Å². The van der Waals surface area contributed by atoms with Crippen molar-refractivity contribution in [3.8, 4) is 0 Å². The number of hydrogen-bond donors (Lipinski definition) is 1. The zero-order valence-electron chi connectivity index (χ0n) is 10.6. The molecule has 3 nitrogen and oxygen atoms in total. The molecule has 0 radical (unpaired) electrons. The third-order valence-corrected chi connectivity index (χ3v) is 4.06. The van der Waals surface area contributed by atoms with Gasteiger partial charge >= 0.3 is 0 Å². The van der Waals surface area contributed by atoms with Crippen LogP contribution in [0.5, 0.6) is 0 Å². The number of aliphatic hydroxyl groups is 1. The Morgan fingerprint density at radius 3 is 2.69 bits per heavy atom. The van der Waals surface area contributed by atoms with Crippen LogP contribution in [0.2, 0.25) is 0 Å². The van der Waals surface area contributed by atoms with Gasteiger partial charge < -0.3 is 14.6 Å². The average Bonchev–Trinajstić information content (AvgIpc) is 2.61. The Labute approximate surface area is 98.1 Å². The molecule has 1 saturated heterocycles. The summed E-state index contributed by atoms with van der Waals surface area (Å²) in [6, 6.07) is 0. The van der Waals surface area contributed by atoms with Crippen molar-refractivity contribution in [3.63, 3.8) is 0 Å². The summed E-state index contributed by atoms with van der Waals surface area (Å²) in [6.07, 6.45) is 3.30. The fourth-order valence-corrected chi connectivity index (χ4v) is 3.24. The molecule has 0 aromatic carbocycles. The summed E-state index contributed by atoms with van der Waals surface area (Å²) in [7, 11) is 0. The van der Waals surface area contributed by atoms with Gasteiger partial charge in [0.15, 0.2) is 5.79 Å². The molecule has 2 fully saturated rings. The first-order valence-electron chi connectivity index (χ1n) is 6.50. The standard InChI is InChI=1S/C13H24O3/c1-9(2)12-5-4-10(3)6-13(12)15-8-11(7-14)16-13/h9-12,14H,4-8H2,1-3H3/t10-,11-,12+,13+/m0/s1. The Hall–Kier alpha value is -0.120. The molecule has 1 spiro atoms. The zero-order valence-corrected chi connectivity index (χ0v) is 10.6. The van der Waals surface area contributed by atoms with Crippen LogP contribution in [-0.2, 0) is 9.47 Å². The molecule has 1 saturated carbocycles. The van der Waals surface area contributed by atoms with Gasteiger partial charge in [-0.05, 0) is 18.3 Å². The lowest BCUT2D eigenvalue weighted by atomic mass is 9.73. The molecular weight excluding hydrogens is 204 g/mol. The van der Waals surface area contributed by atoms with Gasteiger partial charge in [-0.2, -0.15) is 0 Å². The molecule has 4 atom stereocenters. The summed E-state index contributed by atoms with van der Waals surface area (Å²) >= 11 is 0. The molecule has 0 aromatic rings. The van der Waals surface area contributed by atoms with Crippen LogP contribution in [0, 0.1) is 17.8 Å². The van der Waals surface area contributed by atoms with Gasteiger partial charge in [-0.15, -0.1) is 0 Å². The molecule has 94 valence electrons. The van der Waals surface area contributed by atoms with Crippen molar-refractivity contribution < 1.29 is 14.6 Å². The SMILES string of the molecule is CC(C)[C@H]1CC[C@H](C)C[C@]12OC[C@H](CO)O2. The van der Waals surface area contributed by atoms with Crippen molar-refractivity contribution in [2.24, 2.45) is 17.8 Å². The van der Waals surface area contributed by atoms with E-state index in [9.17, 15) is 0 Å². The van der Waals surface area contributed by atoms with Crippen molar-refractivity contribution in [2.75, 3.05) is 13.2 Å². The van der Waals surface area contributed by atoms with E-state index in [4.69, 9.17) is 14.6 Å². The molecule has 0 bridgehead atoms. The van der Waals surface area contributed by atoms with E-state index in [1.54, 1.807) is 0 Å². The lowest BCUT2D eigenvalue weighted by Gasteiger charge is -2.44. The van der Waals surface area contributed by atoms with E-state index in [1.807, 2.05) is 0 Å². The molecule has 1 heterocycles. The van der Waals surface area contributed by atoms with Gasteiger partial charge in [0.2, 0.25) is 0 Å². The van der Waals surface area contributed by atoms with Crippen LogP contribution in [0.3, 0.4) is 0 Å². The maximum Gasteiger partial charge on any atom is 0.172 e. The van der Waals surface area contributed by atoms with Crippen molar-refractivity contribution in [2.45, 2.75) is 51.9 Å². The quantitative estimate of drug-likeness (QED) is 0.787. The lowest BCUT2D eigenvalue weighted by molar-refractivity contribution is -0.240. The monoisotopic (exact) mass is 228 g/mol. The summed E-state index contributed by atoms with van der Waals surface area (Å²) in [5.41, 5.74) is 0. The summed E-state index contributed by atoms with van der Waals surface area (Å²) in [6.45, 7) is 7.35. The first-order chi connectivity index (χ1) is 7.57. The second-order valence-corrected chi connectivity index (χ2v) is 5.78. The van der Waals surface area contributed by atoms with Gasteiger partial charge in [-0.25, -0.2) is 0 Å². The average molecular weight is 228 g/mol. The smallest absolute Gasteiger partial charge is 0.172 e. The molecule has 3 heteroatoms. The first kappa shape index (κ1) is 12.3. The molecule has 16 heavy (non-hydrogen) atoms. The molecule has 2 aliphatic rings. The van der Waals surface area contributed by atoms with Crippen LogP contribution in [-0.4, -0.2) is 30.2 Å². The Morgan fingerprint density at radius 1 is 1.38 bits per heavy atom. The Bertz CT molecular complexity index is 241. The predicted molar refractivity (Wildman–Crippen MR) is 62.0 cm³/mol. The highest BCUT2D eigenvalue weighted by atomic mass is 16.7. The maximum absolute atomic E-state index is 9.17. The van der Waals surface area contributed by atoms with Crippen LogP contribution in [0.25, 0.3) is 0 Å². The minimum absolute atomic E-state index is 0.0704. The van der Waals surface area contributed by atoms with E-state index in [1.165, 1.54) is 12.8 Å². The van der Waals surface area contributed by atoms with Crippen LogP contribution >= 0.6 is 0 Å². The minimum Gasteiger partial charge on any atom is -0.394 e. The van der Waals surface area contributed by atoms with Crippen LogP contribution in [0.4, 0.5) is 0 Å². The molecule has 0 aromatic heterocycles. The molecular formula is C13H24O3. The van der Waals surface area contributed by atoms with Gasteiger partial charge in [-0.3, -0.25) is 0 Å². The number of ether oxygens (including phenoxy) is 2. The Balaban J connectivity index is 2.13. The van der Waals surface area contributed by atoms with E-state index < -0.39 is 5.79 Å². The number of aliphatic hydroxyl groups excluding tert-OH is 1. The Morgan fingerprint density at radius 2 is 2.12 bits per heavy atom. The van der Waals surface area contributed by atoms with Gasteiger partial charge in [-0.1, -0.05) is 27.2 Å². The Kier molecular flexibility index (Phi) is 3.57. The van der Waals surface area contributed by atoms with Crippen molar-refractivity contribution >= 4 is 0 Å². The highest BCUT2D eigenvalue weighted by molar-refractivity contribution is 4.92. The van der Waals surface area contributed by atoms with E-state index in [2.05, 4.69) is 20.8 Å². The third kappa shape index (κ3) is 2.13. The minimum atomic E-state index is -0.404. The van der Waals surface area contributed by atoms with Gasteiger partial charge in [0.1, 0.15) is 6.10 Å². The van der Waals surface area contributed by atoms with Crippen molar-refractivity contribution in [3.05, 3.63) is 0 Å². The van der Waals surface area contributed by atoms with Crippen LogP contribution in [0.15, 0.2) is 0 Å². The lowest BCUT2D eigenvalue weighted by Crippen LogP contribution is -2.47. The van der Waals surface area contributed by atoms with Crippen LogP contribution < -0.4 is 0 Å². The third-order valence-electron chi connectivity index (χ3n) is 4.06. The van der Waals surface area contributed by atoms with Crippen molar-refractivity contribution in [1.29, 1.82) is 0 Å². The topological polar surface area (TPSA) is 38.7 Å². The second kappa shape index (κ2) is 4.63. The van der Waals surface area contributed by atoms with Crippen molar-refractivity contribution in [1.82, 2.24) is 0 Å². The fraction of sp³-hybridized carbons (Fsp3) is 1.00. The van der Waals surface area contributed by atoms with Gasteiger partial charge in [0.25, 0.3) is 0 Å². The summed E-state index contributed by atoms with van der Waals surface area (Å²) < 4.78 is 12.0. The molecule has 0 unspecified atom stereocenters. The highest BCUT2D eigenvalue weighted by Gasteiger charge is 2.51. The highest BCUT2D eigenvalue weighted by Crippen LogP contribution is 2.47. The van der Waals surface area contributed by atoms with E-state index in [0.29, 0.717) is 24.4 Å². The molecule has 1 N–H and O–H groups in total. The zero-order chi connectivity index (χ0) is 11.8. The van der Waals surface area contributed by atoms with Gasteiger partial charge in [0, 0.05) is 12.3 Å². The maximum atomic E-state index is 9.17. The summed E-state index contributed by atoms with van der Waals surface area (Å²) in [5, 5.41) is 9.17. The largest absolute Gasteiger partial charge is 0.394 e. The van der Waals surface area contributed by atoms with E-state index in [0.717, 1.165) is 6.42 Å².